The van der Waals surface area contributed by atoms with Crippen LogP contribution in [-0.2, 0) is 6.42 Å². The van der Waals surface area contributed by atoms with Gasteiger partial charge < -0.3 is 13.6 Å². The summed E-state index contributed by atoms with van der Waals surface area (Å²) in [4.78, 5) is 24.6. The van der Waals surface area contributed by atoms with E-state index in [-0.39, 0.29) is 40.1 Å². The highest BCUT2D eigenvalue weighted by Crippen LogP contribution is 2.42. The van der Waals surface area contributed by atoms with Crippen LogP contribution in [-0.4, -0.2) is 6.10 Å². The van der Waals surface area contributed by atoms with E-state index in [1.165, 1.54) is 6.07 Å². The van der Waals surface area contributed by atoms with Gasteiger partial charge in [0.1, 0.15) is 23.0 Å². The van der Waals surface area contributed by atoms with E-state index >= 15 is 0 Å². The van der Waals surface area contributed by atoms with Crippen molar-refractivity contribution in [2.24, 2.45) is 0 Å². The van der Waals surface area contributed by atoms with Crippen molar-refractivity contribution in [2.75, 3.05) is 0 Å². The van der Waals surface area contributed by atoms with Crippen LogP contribution in [0, 0.1) is 12.7 Å². The zero-order valence-electron chi connectivity index (χ0n) is 14.6. The molecule has 1 atom stereocenters. The number of hydrogen-bond donors (Lipinski definition) is 0. The number of rotatable bonds is 2. The molecule has 3 aromatic rings. The summed E-state index contributed by atoms with van der Waals surface area (Å²) in [5, 5.41) is 0.449. The fourth-order valence-electron chi connectivity index (χ4n) is 3.45. The highest BCUT2D eigenvalue weighted by Gasteiger charge is 2.28. The highest BCUT2D eigenvalue weighted by atomic mass is 19.1. The SMILES string of the molecule is CCc1c(F)c(=O)oc2c1c1c(c3oc(C)cc(=O)c32)C=CC(CC)O1. The van der Waals surface area contributed by atoms with Crippen molar-refractivity contribution in [3.63, 3.8) is 0 Å². The predicted molar refractivity (Wildman–Crippen MR) is 96.3 cm³/mol. The van der Waals surface area contributed by atoms with Gasteiger partial charge in [0.25, 0.3) is 0 Å². The first-order valence-electron chi connectivity index (χ1n) is 8.56. The third-order valence-corrected chi connectivity index (χ3v) is 4.68. The molecule has 26 heavy (non-hydrogen) atoms. The van der Waals surface area contributed by atoms with Crippen LogP contribution in [0.1, 0.15) is 37.2 Å². The largest absolute Gasteiger partial charge is 0.485 e. The zero-order valence-corrected chi connectivity index (χ0v) is 14.6. The molecule has 4 rings (SSSR count). The summed E-state index contributed by atoms with van der Waals surface area (Å²) in [6.45, 7) is 5.37. The molecule has 2 aromatic heterocycles. The van der Waals surface area contributed by atoms with E-state index in [4.69, 9.17) is 13.6 Å². The standard InChI is InChI=1S/C20H17FO5/c1-4-10-6-7-12-17(25-10)14-11(5-2)16(21)20(23)26-19(14)15-13(22)8-9(3)24-18(12)15/h6-8,10H,4-5H2,1-3H3. The number of halogens is 1. The summed E-state index contributed by atoms with van der Waals surface area (Å²) in [5.41, 5.74) is -0.421. The number of ether oxygens (including phenoxy) is 1. The third-order valence-electron chi connectivity index (χ3n) is 4.68. The fraction of sp³-hybridized carbons (Fsp3) is 0.300. The van der Waals surface area contributed by atoms with Gasteiger partial charge in [0, 0.05) is 11.6 Å². The number of hydrogen-bond acceptors (Lipinski definition) is 5. The smallest absolute Gasteiger partial charge is 0.372 e. The number of benzene rings is 1. The van der Waals surface area contributed by atoms with Crippen LogP contribution in [0.15, 0.2) is 30.6 Å². The Hall–Kier alpha value is -2.89. The molecule has 6 heteroatoms. The summed E-state index contributed by atoms with van der Waals surface area (Å²) in [6, 6.07) is 1.32. The van der Waals surface area contributed by atoms with Crippen molar-refractivity contribution < 1.29 is 18.0 Å². The number of aryl methyl sites for hydroxylation is 2. The summed E-state index contributed by atoms with van der Waals surface area (Å²) < 4.78 is 31.5. The Morgan fingerprint density at radius 1 is 1.12 bits per heavy atom. The first kappa shape index (κ1) is 16.6. The first-order chi connectivity index (χ1) is 12.5. The lowest BCUT2D eigenvalue weighted by atomic mass is 9.97. The molecule has 0 amide bonds. The van der Waals surface area contributed by atoms with Crippen molar-refractivity contribution in [3.8, 4) is 5.75 Å². The van der Waals surface area contributed by atoms with Crippen LogP contribution in [0.4, 0.5) is 4.39 Å². The van der Waals surface area contributed by atoms with E-state index in [2.05, 4.69) is 0 Å². The van der Waals surface area contributed by atoms with E-state index in [0.717, 1.165) is 0 Å². The Kier molecular flexibility index (Phi) is 3.72. The quantitative estimate of drug-likeness (QED) is 0.511. The molecule has 0 N–H and O–H groups in total. The Morgan fingerprint density at radius 2 is 1.88 bits per heavy atom. The topological polar surface area (TPSA) is 69.7 Å². The molecular formula is C20H17FO5. The predicted octanol–water partition coefficient (Wildman–Crippen LogP) is 4.09. The lowest BCUT2D eigenvalue weighted by Gasteiger charge is -2.23. The van der Waals surface area contributed by atoms with Gasteiger partial charge in [-0.25, -0.2) is 4.79 Å². The normalized spacial score (nSPS) is 16.1. The van der Waals surface area contributed by atoms with Crippen molar-refractivity contribution in [3.05, 3.63) is 55.5 Å². The van der Waals surface area contributed by atoms with E-state index in [9.17, 15) is 14.0 Å². The maximum absolute atomic E-state index is 14.5. The molecule has 0 radical (unpaired) electrons. The Morgan fingerprint density at radius 3 is 2.58 bits per heavy atom. The maximum Gasteiger partial charge on any atom is 0.372 e. The molecule has 5 nitrogen and oxygen atoms in total. The lowest BCUT2D eigenvalue weighted by Crippen LogP contribution is -2.18. The van der Waals surface area contributed by atoms with Crippen LogP contribution >= 0.6 is 0 Å². The molecule has 0 saturated heterocycles. The van der Waals surface area contributed by atoms with E-state index < -0.39 is 11.4 Å². The van der Waals surface area contributed by atoms with Gasteiger partial charge in [-0.1, -0.05) is 13.8 Å². The van der Waals surface area contributed by atoms with Crippen molar-refractivity contribution >= 4 is 28.0 Å². The zero-order chi connectivity index (χ0) is 18.6. The molecular weight excluding hydrogens is 339 g/mol. The Labute approximate surface area is 147 Å². The molecule has 134 valence electrons. The van der Waals surface area contributed by atoms with Gasteiger partial charge in [-0.2, -0.15) is 4.39 Å². The molecule has 1 aliphatic heterocycles. The first-order valence-corrected chi connectivity index (χ1v) is 8.56. The van der Waals surface area contributed by atoms with Gasteiger partial charge in [0.2, 0.25) is 5.82 Å². The van der Waals surface area contributed by atoms with E-state index in [0.29, 0.717) is 28.9 Å². The molecule has 0 bridgehead atoms. The minimum Gasteiger partial charge on any atom is -0.485 e. The summed E-state index contributed by atoms with van der Waals surface area (Å²) >= 11 is 0. The molecule has 0 aliphatic carbocycles. The second-order valence-corrected chi connectivity index (χ2v) is 6.33. The minimum atomic E-state index is -1.10. The fourth-order valence-corrected chi connectivity index (χ4v) is 3.45. The summed E-state index contributed by atoms with van der Waals surface area (Å²) in [7, 11) is 0. The second kappa shape index (κ2) is 5.83. The summed E-state index contributed by atoms with van der Waals surface area (Å²) in [5.74, 6) is -0.144. The molecule has 1 unspecified atom stereocenters. The van der Waals surface area contributed by atoms with E-state index in [1.807, 2.05) is 19.1 Å². The van der Waals surface area contributed by atoms with E-state index in [1.54, 1.807) is 13.8 Å². The second-order valence-electron chi connectivity index (χ2n) is 6.33. The average Bonchev–Trinajstić information content (AvgIpc) is 2.62. The monoisotopic (exact) mass is 356 g/mol. The minimum absolute atomic E-state index is 0.0147. The van der Waals surface area contributed by atoms with Crippen molar-refractivity contribution in [1.29, 1.82) is 0 Å². The molecule has 3 heterocycles. The van der Waals surface area contributed by atoms with Crippen molar-refractivity contribution in [1.82, 2.24) is 0 Å². The van der Waals surface area contributed by atoms with Gasteiger partial charge in [0.05, 0.1) is 10.9 Å². The third kappa shape index (κ3) is 2.21. The Bertz CT molecular complexity index is 1200. The van der Waals surface area contributed by atoms with Crippen LogP contribution in [0.5, 0.6) is 5.75 Å². The van der Waals surface area contributed by atoms with Gasteiger partial charge in [-0.15, -0.1) is 0 Å². The average molecular weight is 356 g/mol. The Balaban J connectivity index is 2.34. The molecule has 0 spiro atoms. The lowest BCUT2D eigenvalue weighted by molar-refractivity contribution is 0.244. The molecule has 1 aromatic carbocycles. The van der Waals surface area contributed by atoms with Gasteiger partial charge >= 0.3 is 5.63 Å². The molecule has 1 aliphatic rings. The maximum atomic E-state index is 14.5. The van der Waals surface area contributed by atoms with Gasteiger partial charge in [-0.05, 0) is 31.9 Å². The van der Waals surface area contributed by atoms with Gasteiger partial charge in [-0.3, -0.25) is 4.79 Å². The number of fused-ring (bicyclic) bond motifs is 6. The highest BCUT2D eigenvalue weighted by molar-refractivity contribution is 6.10. The van der Waals surface area contributed by atoms with Crippen LogP contribution in [0.25, 0.3) is 28.0 Å². The molecule has 0 fully saturated rings. The summed E-state index contributed by atoms with van der Waals surface area (Å²) in [6.07, 6.45) is 4.47. The van der Waals surface area contributed by atoms with Crippen molar-refractivity contribution in [2.45, 2.75) is 39.7 Å². The van der Waals surface area contributed by atoms with Crippen LogP contribution < -0.4 is 15.8 Å². The molecule has 0 saturated carbocycles. The van der Waals surface area contributed by atoms with Gasteiger partial charge in [0.15, 0.2) is 16.6 Å². The van der Waals surface area contributed by atoms with Crippen LogP contribution in [0.2, 0.25) is 0 Å². The van der Waals surface area contributed by atoms with Crippen LogP contribution in [0.3, 0.4) is 0 Å².